The molecule has 1 saturated heterocycles. The molecule has 34 heavy (non-hydrogen) atoms. The lowest BCUT2D eigenvalue weighted by atomic mass is 10.0. The first-order valence-corrected chi connectivity index (χ1v) is 11.5. The standard InChI is InChI=1S/C26H29N3O5/c1-31-19-6-7-21(23(30)16-19)22-14-18(20-4-2-5-24-26(20)34-17-33-24)15-25(28-22)27-8-3-9-29-10-12-32-13-11-29/h2,4-7,14-16,30H,3,8-13,17H2,1H3,(H,27,28). The second-order valence-corrected chi connectivity index (χ2v) is 8.28. The summed E-state index contributed by atoms with van der Waals surface area (Å²) in [4.78, 5) is 7.22. The third kappa shape index (κ3) is 4.88. The van der Waals surface area contributed by atoms with E-state index in [1.165, 1.54) is 0 Å². The summed E-state index contributed by atoms with van der Waals surface area (Å²) < 4.78 is 22.0. The molecule has 0 bridgehead atoms. The summed E-state index contributed by atoms with van der Waals surface area (Å²) in [5.74, 6) is 2.88. The number of hydrogen-bond acceptors (Lipinski definition) is 8. The van der Waals surface area contributed by atoms with Gasteiger partial charge in [-0.15, -0.1) is 0 Å². The maximum Gasteiger partial charge on any atom is 0.231 e. The van der Waals surface area contributed by atoms with Gasteiger partial charge in [-0.2, -0.15) is 0 Å². The fourth-order valence-corrected chi connectivity index (χ4v) is 4.27. The van der Waals surface area contributed by atoms with Crippen LogP contribution in [0.1, 0.15) is 6.42 Å². The lowest BCUT2D eigenvalue weighted by Crippen LogP contribution is -2.37. The zero-order chi connectivity index (χ0) is 23.3. The van der Waals surface area contributed by atoms with Gasteiger partial charge in [0.2, 0.25) is 6.79 Å². The van der Waals surface area contributed by atoms with Crippen LogP contribution in [0.2, 0.25) is 0 Å². The minimum Gasteiger partial charge on any atom is -0.507 e. The molecule has 3 aromatic rings. The third-order valence-electron chi connectivity index (χ3n) is 6.07. The van der Waals surface area contributed by atoms with Crippen LogP contribution in [0.3, 0.4) is 0 Å². The van der Waals surface area contributed by atoms with Crippen LogP contribution in [-0.4, -0.2) is 68.3 Å². The Morgan fingerprint density at radius 1 is 1.06 bits per heavy atom. The van der Waals surface area contributed by atoms with Crippen molar-refractivity contribution < 1.29 is 24.1 Å². The fraction of sp³-hybridized carbons (Fsp3) is 0.346. The molecule has 2 aromatic carbocycles. The summed E-state index contributed by atoms with van der Waals surface area (Å²) >= 11 is 0. The molecule has 0 spiro atoms. The van der Waals surface area contributed by atoms with Crippen LogP contribution >= 0.6 is 0 Å². The first kappa shape index (κ1) is 22.3. The van der Waals surface area contributed by atoms with Crippen molar-refractivity contribution in [1.29, 1.82) is 0 Å². The van der Waals surface area contributed by atoms with Crippen LogP contribution < -0.4 is 19.5 Å². The molecule has 2 aliphatic heterocycles. The van der Waals surface area contributed by atoms with Crippen molar-refractivity contribution in [3.63, 3.8) is 0 Å². The van der Waals surface area contributed by atoms with E-state index in [1.807, 2.05) is 42.5 Å². The number of aromatic hydroxyl groups is 1. The first-order chi connectivity index (χ1) is 16.7. The Hall–Kier alpha value is -3.49. The number of phenols is 1. The van der Waals surface area contributed by atoms with Gasteiger partial charge in [0.15, 0.2) is 11.5 Å². The molecule has 178 valence electrons. The van der Waals surface area contributed by atoms with Gasteiger partial charge < -0.3 is 29.4 Å². The van der Waals surface area contributed by atoms with E-state index < -0.39 is 0 Å². The summed E-state index contributed by atoms with van der Waals surface area (Å²) in [5.41, 5.74) is 3.13. The van der Waals surface area contributed by atoms with Crippen molar-refractivity contribution in [2.45, 2.75) is 6.42 Å². The fourth-order valence-electron chi connectivity index (χ4n) is 4.27. The molecule has 1 fully saturated rings. The van der Waals surface area contributed by atoms with Gasteiger partial charge in [0.1, 0.15) is 17.3 Å². The number of phenolic OH excluding ortho intramolecular Hbond substituents is 1. The predicted molar refractivity (Wildman–Crippen MR) is 130 cm³/mol. The molecule has 0 saturated carbocycles. The molecule has 5 rings (SSSR count). The molecule has 0 radical (unpaired) electrons. The number of benzene rings is 2. The van der Waals surface area contributed by atoms with E-state index in [9.17, 15) is 5.11 Å². The highest BCUT2D eigenvalue weighted by Gasteiger charge is 2.20. The van der Waals surface area contributed by atoms with E-state index in [0.29, 0.717) is 17.0 Å². The number of nitrogens with one attached hydrogen (secondary N) is 1. The highest BCUT2D eigenvalue weighted by Crippen LogP contribution is 2.43. The topological polar surface area (TPSA) is 85.3 Å². The van der Waals surface area contributed by atoms with Crippen molar-refractivity contribution in [3.8, 4) is 45.4 Å². The molecular weight excluding hydrogens is 434 g/mol. The van der Waals surface area contributed by atoms with Crippen LogP contribution in [0.25, 0.3) is 22.4 Å². The molecule has 2 aliphatic rings. The molecule has 8 nitrogen and oxygen atoms in total. The van der Waals surface area contributed by atoms with Crippen molar-refractivity contribution in [3.05, 3.63) is 48.5 Å². The van der Waals surface area contributed by atoms with Crippen LogP contribution in [-0.2, 0) is 4.74 Å². The molecule has 2 N–H and O–H groups in total. The van der Waals surface area contributed by atoms with Gasteiger partial charge in [0, 0.05) is 36.8 Å². The van der Waals surface area contributed by atoms with E-state index >= 15 is 0 Å². The van der Waals surface area contributed by atoms with Gasteiger partial charge in [-0.3, -0.25) is 4.90 Å². The number of ether oxygens (including phenoxy) is 4. The van der Waals surface area contributed by atoms with E-state index in [1.54, 1.807) is 13.2 Å². The van der Waals surface area contributed by atoms with Gasteiger partial charge in [-0.25, -0.2) is 4.98 Å². The van der Waals surface area contributed by atoms with Crippen LogP contribution in [0.15, 0.2) is 48.5 Å². The number of rotatable bonds is 8. The maximum absolute atomic E-state index is 10.6. The minimum atomic E-state index is 0.111. The highest BCUT2D eigenvalue weighted by molar-refractivity contribution is 5.81. The van der Waals surface area contributed by atoms with Crippen LogP contribution in [0.5, 0.6) is 23.0 Å². The molecular formula is C26H29N3O5. The van der Waals surface area contributed by atoms with Gasteiger partial charge in [0.25, 0.3) is 0 Å². The molecule has 0 unspecified atom stereocenters. The molecule has 0 aliphatic carbocycles. The SMILES string of the molecule is COc1ccc(-c2cc(-c3cccc4c3OCO4)cc(NCCCN3CCOCC3)n2)c(O)c1. The van der Waals surface area contributed by atoms with Crippen molar-refractivity contribution in [2.75, 3.05) is 58.6 Å². The molecule has 8 heteroatoms. The van der Waals surface area contributed by atoms with Gasteiger partial charge in [-0.1, -0.05) is 12.1 Å². The molecule has 0 amide bonds. The number of morpholine rings is 1. The normalized spacial score (nSPS) is 15.3. The summed E-state index contributed by atoms with van der Waals surface area (Å²) in [5, 5.41) is 14.1. The molecule has 3 heterocycles. The summed E-state index contributed by atoms with van der Waals surface area (Å²) in [6.07, 6.45) is 0.993. The van der Waals surface area contributed by atoms with Crippen LogP contribution in [0.4, 0.5) is 5.82 Å². The maximum atomic E-state index is 10.6. The van der Waals surface area contributed by atoms with Crippen molar-refractivity contribution >= 4 is 5.82 Å². The Labute approximate surface area is 199 Å². The average molecular weight is 464 g/mol. The minimum absolute atomic E-state index is 0.111. The second-order valence-electron chi connectivity index (χ2n) is 8.28. The largest absolute Gasteiger partial charge is 0.507 e. The molecule has 0 atom stereocenters. The number of hydrogen-bond donors (Lipinski definition) is 2. The molecule has 1 aromatic heterocycles. The zero-order valence-corrected chi connectivity index (χ0v) is 19.3. The smallest absolute Gasteiger partial charge is 0.231 e. The van der Waals surface area contributed by atoms with Gasteiger partial charge in [-0.05, 0) is 48.9 Å². The average Bonchev–Trinajstić information content (AvgIpc) is 3.36. The Balaban J connectivity index is 1.43. The Bertz CT molecular complexity index is 1150. The second kappa shape index (κ2) is 10.2. The highest BCUT2D eigenvalue weighted by atomic mass is 16.7. The van der Waals surface area contributed by atoms with E-state index in [-0.39, 0.29) is 12.5 Å². The number of methoxy groups -OCH3 is 1. The summed E-state index contributed by atoms with van der Waals surface area (Å²) in [7, 11) is 1.57. The zero-order valence-electron chi connectivity index (χ0n) is 19.3. The number of pyridine rings is 1. The number of fused-ring (bicyclic) bond motifs is 1. The number of nitrogens with zero attached hydrogens (tertiary/aromatic N) is 2. The Morgan fingerprint density at radius 3 is 2.76 bits per heavy atom. The third-order valence-corrected chi connectivity index (χ3v) is 6.07. The quantitative estimate of drug-likeness (QED) is 0.485. The number of para-hydroxylation sites is 1. The van der Waals surface area contributed by atoms with Crippen LogP contribution in [0, 0.1) is 0 Å². The van der Waals surface area contributed by atoms with Gasteiger partial charge in [0.05, 0.1) is 26.0 Å². The van der Waals surface area contributed by atoms with Crippen molar-refractivity contribution in [1.82, 2.24) is 9.88 Å². The van der Waals surface area contributed by atoms with E-state index in [2.05, 4.69) is 10.2 Å². The predicted octanol–water partition coefficient (Wildman–Crippen LogP) is 3.99. The van der Waals surface area contributed by atoms with Gasteiger partial charge >= 0.3 is 0 Å². The number of aromatic nitrogens is 1. The first-order valence-electron chi connectivity index (χ1n) is 11.5. The number of anilines is 1. The summed E-state index contributed by atoms with van der Waals surface area (Å²) in [6, 6.07) is 15.0. The lowest BCUT2D eigenvalue weighted by Gasteiger charge is -2.26. The van der Waals surface area contributed by atoms with Crippen molar-refractivity contribution in [2.24, 2.45) is 0 Å². The van der Waals surface area contributed by atoms with E-state index in [0.717, 1.165) is 74.3 Å². The Morgan fingerprint density at radius 2 is 1.94 bits per heavy atom. The lowest BCUT2D eigenvalue weighted by molar-refractivity contribution is 0.0378. The van der Waals surface area contributed by atoms with E-state index in [4.69, 9.17) is 23.9 Å². The summed E-state index contributed by atoms with van der Waals surface area (Å²) in [6.45, 7) is 5.58. The monoisotopic (exact) mass is 463 g/mol. The Kier molecular flexibility index (Phi) is 6.69.